The SMILES string of the molecule is Cc1cccc(OC[C@H](O)CN2CCC[C@H]2c2cnn(C)c2)c1. The molecule has 5 heteroatoms. The van der Waals surface area contributed by atoms with Gasteiger partial charge in [-0.1, -0.05) is 12.1 Å². The summed E-state index contributed by atoms with van der Waals surface area (Å²) < 4.78 is 7.55. The Balaban J connectivity index is 1.53. The topological polar surface area (TPSA) is 50.5 Å². The van der Waals surface area contributed by atoms with Gasteiger partial charge >= 0.3 is 0 Å². The molecule has 2 atom stereocenters. The van der Waals surface area contributed by atoms with Gasteiger partial charge in [0.05, 0.1) is 6.20 Å². The molecule has 0 saturated carbocycles. The molecule has 0 amide bonds. The van der Waals surface area contributed by atoms with Gasteiger partial charge in [0.25, 0.3) is 0 Å². The summed E-state index contributed by atoms with van der Waals surface area (Å²) in [5, 5.41) is 14.6. The predicted octanol–water partition coefficient (Wildman–Crippen LogP) is 2.31. The summed E-state index contributed by atoms with van der Waals surface area (Å²) in [4.78, 5) is 2.33. The van der Waals surface area contributed by atoms with Crippen LogP contribution in [-0.4, -0.2) is 45.6 Å². The summed E-state index contributed by atoms with van der Waals surface area (Å²) in [6, 6.07) is 8.27. The third-order valence-electron chi connectivity index (χ3n) is 4.35. The van der Waals surface area contributed by atoms with Gasteiger partial charge in [-0.25, -0.2) is 0 Å². The number of nitrogens with zero attached hydrogens (tertiary/aromatic N) is 3. The van der Waals surface area contributed by atoms with Gasteiger partial charge in [-0.05, 0) is 44.0 Å². The lowest BCUT2D eigenvalue weighted by atomic mass is 10.1. The number of rotatable bonds is 6. The smallest absolute Gasteiger partial charge is 0.119 e. The number of aryl methyl sites for hydroxylation is 2. The number of hydrogen-bond acceptors (Lipinski definition) is 4. The van der Waals surface area contributed by atoms with Gasteiger partial charge in [0.15, 0.2) is 0 Å². The molecule has 124 valence electrons. The van der Waals surface area contributed by atoms with Gasteiger partial charge < -0.3 is 9.84 Å². The average Bonchev–Trinajstić information content (AvgIpc) is 3.14. The van der Waals surface area contributed by atoms with Crippen LogP contribution < -0.4 is 4.74 Å². The summed E-state index contributed by atoms with van der Waals surface area (Å²) >= 11 is 0. The minimum absolute atomic E-state index is 0.319. The highest BCUT2D eigenvalue weighted by molar-refractivity contribution is 5.27. The van der Waals surface area contributed by atoms with Crippen LogP contribution in [0.4, 0.5) is 0 Å². The van der Waals surface area contributed by atoms with Crippen molar-refractivity contribution in [2.45, 2.75) is 31.9 Å². The molecular formula is C18H25N3O2. The highest BCUT2D eigenvalue weighted by Gasteiger charge is 2.28. The van der Waals surface area contributed by atoms with Crippen LogP contribution in [0.2, 0.25) is 0 Å². The molecule has 1 aliphatic rings. The van der Waals surface area contributed by atoms with Crippen LogP contribution >= 0.6 is 0 Å². The van der Waals surface area contributed by atoms with Crippen molar-refractivity contribution < 1.29 is 9.84 Å². The number of β-amino-alcohol motifs (C(OH)–C–C–N with tert-alkyl or cyclic N) is 1. The molecule has 1 aliphatic heterocycles. The number of ether oxygens (including phenoxy) is 1. The maximum atomic E-state index is 10.3. The lowest BCUT2D eigenvalue weighted by Gasteiger charge is -2.26. The summed E-state index contributed by atoms with van der Waals surface area (Å²) in [6.07, 6.45) is 5.78. The third-order valence-corrected chi connectivity index (χ3v) is 4.35. The fourth-order valence-electron chi connectivity index (χ4n) is 3.26. The molecule has 0 radical (unpaired) electrons. The third kappa shape index (κ3) is 4.12. The molecule has 1 aromatic heterocycles. The Kier molecular flexibility index (Phi) is 4.98. The zero-order chi connectivity index (χ0) is 16.2. The second kappa shape index (κ2) is 7.15. The van der Waals surface area contributed by atoms with Crippen LogP contribution in [0.15, 0.2) is 36.7 Å². The monoisotopic (exact) mass is 315 g/mol. The van der Waals surface area contributed by atoms with Gasteiger partial charge in [0.1, 0.15) is 18.5 Å². The van der Waals surface area contributed by atoms with E-state index in [0.717, 1.165) is 30.7 Å². The Bertz CT molecular complexity index is 641. The van der Waals surface area contributed by atoms with E-state index in [2.05, 4.69) is 16.2 Å². The summed E-state index contributed by atoms with van der Waals surface area (Å²) in [6.45, 7) is 4.00. The van der Waals surface area contributed by atoms with Crippen LogP contribution in [-0.2, 0) is 7.05 Å². The number of aliphatic hydroxyl groups is 1. The van der Waals surface area contributed by atoms with E-state index in [0.29, 0.717) is 19.2 Å². The minimum atomic E-state index is -0.493. The first-order valence-corrected chi connectivity index (χ1v) is 8.22. The van der Waals surface area contributed by atoms with Gasteiger partial charge in [-0.2, -0.15) is 5.10 Å². The molecular weight excluding hydrogens is 290 g/mol. The van der Waals surface area contributed by atoms with E-state index in [-0.39, 0.29) is 0 Å². The number of benzene rings is 1. The molecule has 1 N–H and O–H groups in total. The number of hydrogen-bond donors (Lipinski definition) is 1. The van der Waals surface area contributed by atoms with Crippen LogP contribution in [0.1, 0.15) is 30.0 Å². The highest BCUT2D eigenvalue weighted by atomic mass is 16.5. The van der Waals surface area contributed by atoms with Crippen LogP contribution in [0, 0.1) is 6.92 Å². The molecule has 3 rings (SSSR count). The van der Waals surface area contributed by atoms with Gasteiger partial charge in [-0.15, -0.1) is 0 Å². The second-order valence-corrected chi connectivity index (χ2v) is 6.38. The second-order valence-electron chi connectivity index (χ2n) is 6.38. The molecule has 1 fully saturated rings. The van der Waals surface area contributed by atoms with E-state index in [1.165, 1.54) is 5.56 Å². The molecule has 2 heterocycles. The van der Waals surface area contributed by atoms with Crippen LogP contribution in [0.3, 0.4) is 0 Å². The predicted molar refractivity (Wildman–Crippen MR) is 89.4 cm³/mol. The average molecular weight is 315 g/mol. The maximum Gasteiger partial charge on any atom is 0.119 e. The first kappa shape index (κ1) is 16.0. The Morgan fingerprint density at radius 2 is 2.30 bits per heavy atom. The molecule has 2 aromatic rings. The van der Waals surface area contributed by atoms with Crippen LogP contribution in [0.25, 0.3) is 0 Å². The van der Waals surface area contributed by atoms with Gasteiger partial charge in [0, 0.05) is 31.4 Å². The van der Waals surface area contributed by atoms with Crippen LogP contribution in [0.5, 0.6) is 5.75 Å². The van der Waals surface area contributed by atoms with Crippen molar-refractivity contribution in [1.82, 2.24) is 14.7 Å². The van der Waals surface area contributed by atoms with Crippen molar-refractivity contribution >= 4 is 0 Å². The Morgan fingerprint density at radius 1 is 1.43 bits per heavy atom. The highest BCUT2D eigenvalue weighted by Crippen LogP contribution is 2.31. The largest absolute Gasteiger partial charge is 0.491 e. The minimum Gasteiger partial charge on any atom is -0.491 e. The Labute approximate surface area is 137 Å². The van der Waals surface area contributed by atoms with Crippen molar-refractivity contribution in [1.29, 1.82) is 0 Å². The summed E-state index contributed by atoms with van der Waals surface area (Å²) in [7, 11) is 1.94. The fraction of sp³-hybridized carbons (Fsp3) is 0.500. The van der Waals surface area contributed by atoms with E-state index in [9.17, 15) is 5.11 Å². The first-order valence-electron chi connectivity index (χ1n) is 8.22. The zero-order valence-corrected chi connectivity index (χ0v) is 13.9. The standard InChI is InChI=1S/C18H25N3O2/c1-14-5-3-6-17(9-14)23-13-16(22)12-21-8-4-7-18(21)15-10-19-20(2)11-15/h3,5-6,9-11,16,18,22H,4,7-8,12-13H2,1-2H3/t16-,18+/m1/s1. The van der Waals surface area contributed by atoms with E-state index in [1.807, 2.05) is 49.1 Å². The van der Waals surface area contributed by atoms with Gasteiger partial charge in [0.2, 0.25) is 0 Å². The molecule has 0 aliphatic carbocycles. The van der Waals surface area contributed by atoms with Crippen molar-refractivity contribution in [3.05, 3.63) is 47.8 Å². The van der Waals surface area contributed by atoms with E-state index >= 15 is 0 Å². The number of aromatic nitrogens is 2. The van der Waals surface area contributed by atoms with Crippen molar-refractivity contribution in [3.8, 4) is 5.75 Å². The van der Waals surface area contributed by atoms with Crippen molar-refractivity contribution in [3.63, 3.8) is 0 Å². The Morgan fingerprint density at radius 3 is 3.04 bits per heavy atom. The summed E-state index contributed by atoms with van der Waals surface area (Å²) in [5.41, 5.74) is 2.39. The summed E-state index contributed by atoms with van der Waals surface area (Å²) in [5.74, 6) is 0.814. The fourth-order valence-corrected chi connectivity index (χ4v) is 3.26. The molecule has 1 aromatic carbocycles. The lowest BCUT2D eigenvalue weighted by molar-refractivity contribution is 0.0638. The normalized spacial score (nSPS) is 19.9. The molecule has 0 bridgehead atoms. The maximum absolute atomic E-state index is 10.3. The lowest BCUT2D eigenvalue weighted by Crippen LogP contribution is -2.35. The molecule has 5 nitrogen and oxygen atoms in total. The zero-order valence-electron chi connectivity index (χ0n) is 13.9. The van der Waals surface area contributed by atoms with Crippen molar-refractivity contribution in [2.24, 2.45) is 7.05 Å². The number of likely N-dealkylation sites (tertiary alicyclic amines) is 1. The Hall–Kier alpha value is -1.85. The quantitative estimate of drug-likeness (QED) is 0.889. The molecule has 0 unspecified atom stereocenters. The number of aliphatic hydroxyl groups excluding tert-OH is 1. The molecule has 1 saturated heterocycles. The van der Waals surface area contributed by atoms with Crippen molar-refractivity contribution in [2.75, 3.05) is 19.7 Å². The van der Waals surface area contributed by atoms with Gasteiger partial charge in [-0.3, -0.25) is 9.58 Å². The molecule has 0 spiro atoms. The van der Waals surface area contributed by atoms with E-state index < -0.39 is 6.10 Å². The first-order chi connectivity index (χ1) is 11.1. The molecule has 23 heavy (non-hydrogen) atoms. The van der Waals surface area contributed by atoms with E-state index in [1.54, 1.807) is 0 Å². The van der Waals surface area contributed by atoms with E-state index in [4.69, 9.17) is 4.74 Å².